The summed E-state index contributed by atoms with van der Waals surface area (Å²) < 4.78 is 62.2. The zero-order valence-corrected chi connectivity index (χ0v) is 19.1. The molecule has 32 heavy (non-hydrogen) atoms. The predicted molar refractivity (Wildman–Crippen MR) is 115 cm³/mol. The summed E-state index contributed by atoms with van der Waals surface area (Å²) in [6.45, 7) is 3.59. The minimum absolute atomic E-state index is 0.0647. The van der Waals surface area contributed by atoms with Crippen molar-refractivity contribution >= 4 is 21.7 Å². The van der Waals surface area contributed by atoms with Crippen molar-refractivity contribution in [2.75, 3.05) is 18.6 Å². The summed E-state index contributed by atoms with van der Waals surface area (Å²) in [4.78, 5) is 24.5. The highest BCUT2D eigenvalue weighted by molar-refractivity contribution is 7.90. The van der Waals surface area contributed by atoms with E-state index in [4.69, 9.17) is 0 Å². The number of hydrogen-bond donors (Lipinski definition) is 3. The Morgan fingerprint density at radius 1 is 1.19 bits per heavy atom. The molecule has 0 bridgehead atoms. The summed E-state index contributed by atoms with van der Waals surface area (Å²) in [7, 11) is -3.26. The van der Waals surface area contributed by atoms with E-state index in [1.807, 2.05) is 13.8 Å². The van der Waals surface area contributed by atoms with E-state index in [9.17, 15) is 31.2 Å². The average molecular weight is 478 g/mol. The number of hydrogen-bond acceptors (Lipinski definition) is 5. The molecule has 11 heteroatoms. The lowest BCUT2D eigenvalue weighted by molar-refractivity contribution is -0.137. The van der Waals surface area contributed by atoms with E-state index in [0.29, 0.717) is 12.8 Å². The minimum atomic E-state index is -4.58. The van der Waals surface area contributed by atoms with Crippen molar-refractivity contribution < 1.29 is 31.2 Å². The number of carbonyl (C=O) groups excluding carboxylic acids is 2. The van der Waals surface area contributed by atoms with Crippen LogP contribution in [0.25, 0.3) is 0 Å². The second-order valence-electron chi connectivity index (χ2n) is 8.62. The van der Waals surface area contributed by atoms with Crippen LogP contribution in [0.1, 0.15) is 49.0 Å². The molecule has 2 amide bonds. The first-order valence-electron chi connectivity index (χ1n) is 10.4. The molecule has 0 aliphatic heterocycles. The van der Waals surface area contributed by atoms with Gasteiger partial charge in [-0.2, -0.15) is 13.2 Å². The summed E-state index contributed by atoms with van der Waals surface area (Å²) in [6.07, 6.45) is -1.49. The highest BCUT2D eigenvalue weighted by Crippen LogP contribution is 2.29. The normalized spacial score (nSPS) is 21.9. The molecule has 0 unspecified atom stereocenters. The zero-order valence-electron chi connectivity index (χ0n) is 18.3. The van der Waals surface area contributed by atoms with Gasteiger partial charge in [-0.25, -0.2) is 8.42 Å². The van der Waals surface area contributed by atoms with Crippen molar-refractivity contribution in [1.29, 1.82) is 0 Å². The Bertz CT molecular complexity index is 919. The summed E-state index contributed by atoms with van der Waals surface area (Å²) in [5.74, 6) is -1.67. The molecule has 1 aromatic rings. The monoisotopic (exact) mass is 477 g/mol. The second kappa shape index (κ2) is 10.7. The second-order valence-corrected chi connectivity index (χ2v) is 10.8. The molecule has 1 saturated carbocycles. The summed E-state index contributed by atoms with van der Waals surface area (Å²) >= 11 is 0. The largest absolute Gasteiger partial charge is 0.416 e. The van der Waals surface area contributed by atoms with Gasteiger partial charge in [0.1, 0.15) is 9.84 Å². The van der Waals surface area contributed by atoms with Gasteiger partial charge in [-0.15, -0.1) is 0 Å². The lowest BCUT2D eigenvalue weighted by Gasteiger charge is -2.37. The molecule has 1 aromatic carbocycles. The fraction of sp³-hybridized carbons (Fsp3) is 0.619. The molecule has 7 nitrogen and oxygen atoms in total. The number of rotatable bonds is 8. The highest BCUT2D eigenvalue weighted by atomic mass is 32.2. The Balaban J connectivity index is 1.96. The van der Waals surface area contributed by atoms with Crippen LogP contribution in [0.5, 0.6) is 0 Å². The highest BCUT2D eigenvalue weighted by Gasteiger charge is 2.34. The number of carbonyl (C=O) groups is 2. The van der Waals surface area contributed by atoms with E-state index in [2.05, 4.69) is 16.0 Å². The number of sulfone groups is 1. The number of halogens is 3. The van der Waals surface area contributed by atoms with E-state index >= 15 is 0 Å². The molecule has 3 atom stereocenters. The van der Waals surface area contributed by atoms with Gasteiger partial charge < -0.3 is 16.0 Å². The van der Waals surface area contributed by atoms with E-state index < -0.39 is 39.9 Å². The molecule has 0 spiro atoms. The van der Waals surface area contributed by atoms with E-state index in [0.717, 1.165) is 30.9 Å². The fourth-order valence-electron chi connectivity index (χ4n) is 4.01. The summed E-state index contributed by atoms with van der Waals surface area (Å²) in [6, 6.07) is 3.96. The topological polar surface area (TPSA) is 104 Å². The predicted octanol–water partition coefficient (Wildman–Crippen LogP) is 2.13. The third kappa shape index (κ3) is 8.42. The summed E-state index contributed by atoms with van der Waals surface area (Å²) in [5, 5.41) is 8.50. The molecule has 1 fully saturated rings. The maximum Gasteiger partial charge on any atom is 0.416 e. The number of nitrogens with one attached hydrogen (secondary N) is 3. The molecule has 0 saturated heterocycles. The van der Waals surface area contributed by atoms with E-state index in [1.165, 1.54) is 6.07 Å². The Labute approximate surface area is 186 Å². The van der Waals surface area contributed by atoms with Gasteiger partial charge in [0, 0.05) is 29.9 Å². The molecule has 1 aliphatic carbocycles. The molecule has 180 valence electrons. The first-order valence-corrected chi connectivity index (χ1v) is 12.5. The molecule has 1 aliphatic rings. The number of amides is 2. The van der Waals surface area contributed by atoms with E-state index in [1.54, 1.807) is 0 Å². The smallest absolute Gasteiger partial charge is 0.352 e. The van der Waals surface area contributed by atoms with Gasteiger partial charge in [-0.3, -0.25) is 9.59 Å². The molecule has 0 aromatic heterocycles. The van der Waals surface area contributed by atoms with Crippen LogP contribution >= 0.6 is 0 Å². The van der Waals surface area contributed by atoms with Crippen LogP contribution in [-0.2, 0) is 20.8 Å². The van der Waals surface area contributed by atoms with Crippen molar-refractivity contribution in [3.63, 3.8) is 0 Å². The van der Waals surface area contributed by atoms with Crippen LogP contribution < -0.4 is 16.0 Å². The van der Waals surface area contributed by atoms with Gasteiger partial charge in [-0.05, 0) is 43.4 Å². The van der Waals surface area contributed by atoms with Crippen molar-refractivity contribution in [3.05, 3.63) is 35.4 Å². The van der Waals surface area contributed by atoms with E-state index in [-0.39, 0.29) is 35.4 Å². The zero-order chi connectivity index (χ0) is 24.1. The van der Waals surface area contributed by atoms with Crippen LogP contribution in [0.2, 0.25) is 0 Å². The Hall–Kier alpha value is -2.14. The molecule has 2 rings (SSSR count). The lowest BCUT2D eigenvalue weighted by Crippen LogP contribution is -2.52. The molecular weight excluding hydrogens is 447 g/mol. The summed E-state index contributed by atoms with van der Waals surface area (Å²) in [5.41, 5.74) is -1.16. The molecule has 3 N–H and O–H groups in total. The third-order valence-corrected chi connectivity index (χ3v) is 6.31. The third-order valence-electron chi connectivity index (χ3n) is 5.28. The Morgan fingerprint density at radius 2 is 1.88 bits per heavy atom. The first-order chi connectivity index (χ1) is 14.7. The van der Waals surface area contributed by atoms with Gasteiger partial charge in [0.2, 0.25) is 5.91 Å². The molecular formula is C21H30F3N3O4S. The van der Waals surface area contributed by atoms with Crippen LogP contribution in [0.3, 0.4) is 0 Å². The molecule has 0 radical (unpaired) electrons. The lowest BCUT2D eigenvalue weighted by atomic mass is 9.82. The standard InChI is InChI=1S/C21H30F3N3O4S/c1-13(2)26-17-7-8-18(15(10-17)12-32(3,30)31)27-19(28)11-25-20(29)14-5-4-6-16(9-14)21(22,23)24/h4-6,9,13,15,17-18,26H,7-8,10-12H2,1-3H3,(H,25,29)(H,27,28)/t15-,17+,18-/m0/s1. The first kappa shape index (κ1) is 26.1. The van der Waals surface area contributed by atoms with Crippen LogP contribution in [0.4, 0.5) is 13.2 Å². The van der Waals surface area contributed by atoms with Crippen LogP contribution in [-0.4, -0.2) is 56.9 Å². The van der Waals surface area contributed by atoms with Crippen molar-refractivity contribution in [1.82, 2.24) is 16.0 Å². The van der Waals surface area contributed by atoms with Crippen molar-refractivity contribution in [2.45, 2.75) is 57.4 Å². The number of alkyl halides is 3. The van der Waals surface area contributed by atoms with Gasteiger partial charge >= 0.3 is 6.18 Å². The quantitative estimate of drug-likeness (QED) is 0.532. The minimum Gasteiger partial charge on any atom is -0.352 e. The Kier molecular flexibility index (Phi) is 8.69. The number of benzene rings is 1. The van der Waals surface area contributed by atoms with Crippen molar-refractivity contribution in [3.8, 4) is 0 Å². The fourth-order valence-corrected chi connectivity index (χ4v) is 5.15. The average Bonchev–Trinajstić information content (AvgIpc) is 2.66. The molecule has 0 heterocycles. The van der Waals surface area contributed by atoms with Crippen LogP contribution in [0.15, 0.2) is 24.3 Å². The van der Waals surface area contributed by atoms with Gasteiger partial charge in [0.25, 0.3) is 5.91 Å². The van der Waals surface area contributed by atoms with Gasteiger partial charge in [-0.1, -0.05) is 19.9 Å². The van der Waals surface area contributed by atoms with Crippen LogP contribution in [0, 0.1) is 5.92 Å². The maximum absolute atomic E-state index is 12.8. The maximum atomic E-state index is 12.8. The van der Waals surface area contributed by atoms with Gasteiger partial charge in [0.05, 0.1) is 17.9 Å². The van der Waals surface area contributed by atoms with Gasteiger partial charge in [0.15, 0.2) is 0 Å². The van der Waals surface area contributed by atoms with Crippen molar-refractivity contribution in [2.24, 2.45) is 5.92 Å². The SMILES string of the molecule is CC(C)N[C@@H]1CC[C@H](NC(=O)CNC(=O)c2cccc(C(F)(F)F)c2)[C@H](CS(C)(=O)=O)C1. The Morgan fingerprint density at radius 3 is 2.47 bits per heavy atom.